The second kappa shape index (κ2) is 21.0. The van der Waals surface area contributed by atoms with Crippen LogP contribution in [0.1, 0.15) is 117 Å². The Hall–Kier alpha value is -0.340. The van der Waals surface area contributed by atoms with E-state index in [-0.39, 0.29) is 0 Å². The first kappa shape index (κ1) is 25.7. The lowest BCUT2D eigenvalue weighted by atomic mass is 10.0. The van der Waals surface area contributed by atoms with Gasteiger partial charge in [0.1, 0.15) is 0 Å². The molecule has 1 atom stereocenters. The van der Waals surface area contributed by atoms with Crippen molar-refractivity contribution >= 4 is 0 Å². The molecule has 0 fully saturated rings. The number of hydrogen-bond donors (Lipinski definition) is 1. The lowest BCUT2D eigenvalue weighted by molar-refractivity contribution is 0.207. The molecule has 0 amide bonds. The Labute approximate surface area is 166 Å². The standard InChI is InChI=1S/C24H50N2/c1-4-7-8-9-10-11-12-13-14-15-16-17-18-19-20-21-22-24(23-25)26(5-2)6-3/h13-14,24H,4-12,15-23,25H2,1-3H3. The number of likely N-dealkylation sites (N-methyl/N-ethyl adjacent to an activating group) is 1. The van der Waals surface area contributed by atoms with E-state index in [4.69, 9.17) is 5.73 Å². The summed E-state index contributed by atoms with van der Waals surface area (Å²) in [6.45, 7) is 9.85. The molecule has 2 heteroatoms. The van der Waals surface area contributed by atoms with Gasteiger partial charge in [0.2, 0.25) is 0 Å². The zero-order chi connectivity index (χ0) is 19.3. The summed E-state index contributed by atoms with van der Waals surface area (Å²) in [6.07, 6.45) is 25.4. The van der Waals surface area contributed by atoms with E-state index < -0.39 is 0 Å². The number of allylic oxidation sites excluding steroid dienone is 2. The van der Waals surface area contributed by atoms with Gasteiger partial charge >= 0.3 is 0 Å². The van der Waals surface area contributed by atoms with Crippen LogP contribution in [0.4, 0.5) is 0 Å². The molecule has 0 aliphatic carbocycles. The van der Waals surface area contributed by atoms with Gasteiger partial charge in [0.05, 0.1) is 0 Å². The van der Waals surface area contributed by atoms with Crippen LogP contribution in [-0.2, 0) is 0 Å². The highest BCUT2D eigenvalue weighted by atomic mass is 15.1. The highest BCUT2D eigenvalue weighted by Crippen LogP contribution is 2.13. The molecular formula is C24H50N2. The highest BCUT2D eigenvalue weighted by Gasteiger charge is 2.12. The van der Waals surface area contributed by atoms with Gasteiger partial charge < -0.3 is 5.73 Å². The van der Waals surface area contributed by atoms with E-state index in [1.807, 2.05) is 0 Å². The summed E-state index contributed by atoms with van der Waals surface area (Å²) >= 11 is 0. The van der Waals surface area contributed by atoms with Crippen molar-refractivity contribution in [2.45, 2.75) is 123 Å². The molecule has 0 aromatic carbocycles. The zero-order valence-corrected chi connectivity index (χ0v) is 18.5. The summed E-state index contributed by atoms with van der Waals surface area (Å²) in [7, 11) is 0. The van der Waals surface area contributed by atoms with Gasteiger partial charge in [-0.05, 0) is 45.2 Å². The Morgan fingerprint density at radius 2 is 1.12 bits per heavy atom. The molecule has 0 aromatic rings. The van der Waals surface area contributed by atoms with E-state index in [1.54, 1.807) is 0 Å². The fourth-order valence-electron chi connectivity index (χ4n) is 3.82. The number of unbranched alkanes of at least 4 members (excludes halogenated alkanes) is 12. The molecule has 2 N–H and O–H groups in total. The molecule has 0 rings (SSSR count). The fourth-order valence-corrected chi connectivity index (χ4v) is 3.82. The van der Waals surface area contributed by atoms with Crippen molar-refractivity contribution in [1.82, 2.24) is 4.90 Å². The molecule has 2 nitrogen and oxygen atoms in total. The van der Waals surface area contributed by atoms with Crippen LogP contribution in [-0.4, -0.2) is 30.6 Å². The minimum atomic E-state index is 0.599. The molecule has 1 unspecified atom stereocenters. The van der Waals surface area contributed by atoms with Gasteiger partial charge in [-0.3, -0.25) is 4.90 Å². The van der Waals surface area contributed by atoms with E-state index in [2.05, 4.69) is 37.8 Å². The van der Waals surface area contributed by atoms with Crippen LogP contribution in [0.5, 0.6) is 0 Å². The van der Waals surface area contributed by atoms with E-state index in [9.17, 15) is 0 Å². The normalized spacial score (nSPS) is 13.1. The van der Waals surface area contributed by atoms with Gasteiger partial charge in [-0.25, -0.2) is 0 Å². The molecule has 0 radical (unpaired) electrons. The number of nitrogens with zero attached hydrogens (tertiary/aromatic N) is 1. The number of hydrogen-bond acceptors (Lipinski definition) is 2. The predicted molar refractivity (Wildman–Crippen MR) is 120 cm³/mol. The number of nitrogens with two attached hydrogens (primary N) is 1. The minimum Gasteiger partial charge on any atom is -0.329 e. The molecule has 156 valence electrons. The predicted octanol–water partition coefficient (Wildman–Crippen LogP) is 7.08. The van der Waals surface area contributed by atoms with Crippen LogP contribution in [0.2, 0.25) is 0 Å². The molecule has 0 saturated carbocycles. The summed E-state index contributed by atoms with van der Waals surface area (Å²) in [5, 5.41) is 0. The van der Waals surface area contributed by atoms with Gasteiger partial charge in [0, 0.05) is 12.6 Å². The summed E-state index contributed by atoms with van der Waals surface area (Å²) in [5.74, 6) is 0. The van der Waals surface area contributed by atoms with E-state index in [1.165, 1.54) is 96.3 Å². The maximum atomic E-state index is 5.94. The van der Waals surface area contributed by atoms with Crippen LogP contribution in [0, 0.1) is 0 Å². The average molecular weight is 367 g/mol. The Morgan fingerprint density at radius 3 is 1.58 bits per heavy atom. The molecule has 0 saturated heterocycles. The third-order valence-corrected chi connectivity index (χ3v) is 5.65. The van der Waals surface area contributed by atoms with Gasteiger partial charge in [-0.1, -0.05) is 97.1 Å². The van der Waals surface area contributed by atoms with Crippen molar-refractivity contribution < 1.29 is 0 Å². The molecule has 0 spiro atoms. The zero-order valence-electron chi connectivity index (χ0n) is 18.5. The van der Waals surface area contributed by atoms with Crippen molar-refractivity contribution in [1.29, 1.82) is 0 Å². The maximum Gasteiger partial charge on any atom is 0.0218 e. The molecule has 0 aromatic heterocycles. The lowest BCUT2D eigenvalue weighted by Crippen LogP contribution is -2.40. The van der Waals surface area contributed by atoms with Crippen molar-refractivity contribution in [3.63, 3.8) is 0 Å². The van der Waals surface area contributed by atoms with Crippen molar-refractivity contribution in [2.24, 2.45) is 5.73 Å². The monoisotopic (exact) mass is 366 g/mol. The maximum absolute atomic E-state index is 5.94. The Morgan fingerprint density at radius 1 is 0.654 bits per heavy atom. The largest absolute Gasteiger partial charge is 0.329 e. The highest BCUT2D eigenvalue weighted by molar-refractivity contribution is 4.81. The van der Waals surface area contributed by atoms with E-state index in [0.29, 0.717) is 6.04 Å². The van der Waals surface area contributed by atoms with Crippen LogP contribution >= 0.6 is 0 Å². The van der Waals surface area contributed by atoms with Gasteiger partial charge in [-0.2, -0.15) is 0 Å². The second-order valence-corrected chi connectivity index (χ2v) is 7.84. The Kier molecular flexibility index (Phi) is 20.7. The topological polar surface area (TPSA) is 29.3 Å². The van der Waals surface area contributed by atoms with Gasteiger partial charge in [0.25, 0.3) is 0 Å². The van der Waals surface area contributed by atoms with Crippen LogP contribution in [0.3, 0.4) is 0 Å². The average Bonchev–Trinajstić information content (AvgIpc) is 2.66. The third-order valence-electron chi connectivity index (χ3n) is 5.65. The molecule has 0 aliphatic rings. The molecular weight excluding hydrogens is 316 g/mol. The Balaban J connectivity index is 3.34. The minimum absolute atomic E-state index is 0.599. The van der Waals surface area contributed by atoms with Gasteiger partial charge in [0.15, 0.2) is 0 Å². The first-order chi connectivity index (χ1) is 12.8. The van der Waals surface area contributed by atoms with E-state index >= 15 is 0 Å². The Bertz CT molecular complexity index is 284. The smallest absolute Gasteiger partial charge is 0.0218 e. The first-order valence-corrected chi connectivity index (χ1v) is 11.9. The van der Waals surface area contributed by atoms with Crippen LogP contribution in [0.25, 0.3) is 0 Å². The SMILES string of the molecule is CCCCCCCCC=CCCCCCCCCC(CN)N(CC)CC. The second-order valence-electron chi connectivity index (χ2n) is 7.84. The summed E-state index contributed by atoms with van der Waals surface area (Å²) in [4.78, 5) is 2.51. The van der Waals surface area contributed by atoms with Crippen molar-refractivity contribution in [2.75, 3.05) is 19.6 Å². The van der Waals surface area contributed by atoms with Crippen molar-refractivity contribution in [3.05, 3.63) is 12.2 Å². The number of rotatable bonds is 20. The lowest BCUT2D eigenvalue weighted by Gasteiger charge is -2.28. The first-order valence-electron chi connectivity index (χ1n) is 11.9. The third kappa shape index (κ3) is 15.9. The van der Waals surface area contributed by atoms with Crippen LogP contribution in [0.15, 0.2) is 12.2 Å². The fraction of sp³-hybridized carbons (Fsp3) is 0.917. The van der Waals surface area contributed by atoms with E-state index in [0.717, 1.165) is 19.6 Å². The molecule has 0 bridgehead atoms. The molecule has 0 aliphatic heterocycles. The summed E-state index contributed by atoms with van der Waals surface area (Å²) in [5.41, 5.74) is 5.94. The summed E-state index contributed by atoms with van der Waals surface area (Å²) < 4.78 is 0. The van der Waals surface area contributed by atoms with Crippen molar-refractivity contribution in [3.8, 4) is 0 Å². The molecule has 0 heterocycles. The summed E-state index contributed by atoms with van der Waals surface area (Å²) in [6, 6.07) is 0.599. The quantitative estimate of drug-likeness (QED) is 0.184. The van der Waals surface area contributed by atoms with Crippen LogP contribution < -0.4 is 5.73 Å². The van der Waals surface area contributed by atoms with Gasteiger partial charge in [-0.15, -0.1) is 0 Å². The molecule has 26 heavy (non-hydrogen) atoms.